The van der Waals surface area contributed by atoms with Crippen molar-refractivity contribution in [2.24, 2.45) is 23.5 Å². The van der Waals surface area contributed by atoms with Crippen LogP contribution in [-0.4, -0.2) is 68.5 Å². The van der Waals surface area contributed by atoms with Crippen LogP contribution in [0.3, 0.4) is 0 Å². The number of esters is 2. The molecule has 12 heteroatoms. The molecule has 46 heavy (non-hydrogen) atoms. The lowest BCUT2D eigenvalue weighted by Crippen LogP contribution is -2.45. The van der Waals surface area contributed by atoms with Gasteiger partial charge in [0.1, 0.15) is 23.9 Å². The van der Waals surface area contributed by atoms with Crippen molar-refractivity contribution < 1.29 is 48.2 Å². The molecule has 0 saturated heterocycles. The maximum atomic E-state index is 12.3. The summed E-state index contributed by atoms with van der Waals surface area (Å²) in [5.74, 6) is 0.0638. The van der Waals surface area contributed by atoms with Gasteiger partial charge >= 0.3 is 19.8 Å². The Morgan fingerprint density at radius 1 is 1.20 bits per heavy atom. The number of carbonyl (C=O) groups excluding carboxylic acids is 2. The second kappa shape index (κ2) is 20.3. The summed E-state index contributed by atoms with van der Waals surface area (Å²) in [5, 5.41) is 22.2. The summed E-state index contributed by atoms with van der Waals surface area (Å²) < 4.78 is 27.9. The molecular weight excluding hydrogens is 613 g/mol. The average molecular weight is 670 g/mol. The van der Waals surface area contributed by atoms with Crippen LogP contribution in [0.25, 0.3) is 0 Å². The summed E-state index contributed by atoms with van der Waals surface area (Å²) >= 11 is 0. The molecule has 0 aromatic carbocycles. The normalized spacial score (nSPS) is 25.3. The Morgan fingerprint density at radius 3 is 2.63 bits per heavy atom. The summed E-state index contributed by atoms with van der Waals surface area (Å²) in [7, 11) is -5.08. The number of allylic oxidation sites excluding steroid dienone is 3. The maximum Gasteiger partial charge on any atom is 0.469 e. The van der Waals surface area contributed by atoms with Gasteiger partial charge < -0.3 is 35.2 Å². The number of carbonyl (C=O) groups is 2. The lowest BCUT2D eigenvalue weighted by Gasteiger charge is -2.35. The van der Waals surface area contributed by atoms with Crippen LogP contribution in [0.1, 0.15) is 97.8 Å². The molecule has 2 aliphatic rings. The Bertz CT molecular complexity index is 1100. The molecule has 0 unspecified atom stereocenters. The van der Waals surface area contributed by atoms with E-state index >= 15 is 0 Å². The molecule has 0 amide bonds. The second-order valence-corrected chi connectivity index (χ2v) is 14.1. The first-order valence-corrected chi connectivity index (χ1v) is 18.2. The van der Waals surface area contributed by atoms with Crippen molar-refractivity contribution in [3.05, 3.63) is 48.6 Å². The van der Waals surface area contributed by atoms with Crippen molar-refractivity contribution in [2.75, 3.05) is 6.54 Å². The van der Waals surface area contributed by atoms with Gasteiger partial charge in [0.15, 0.2) is 0 Å². The van der Waals surface area contributed by atoms with E-state index in [0.717, 1.165) is 44.9 Å². The highest BCUT2D eigenvalue weighted by molar-refractivity contribution is 7.46. The summed E-state index contributed by atoms with van der Waals surface area (Å²) in [4.78, 5) is 43.3. The largest absolute Gasteiger partial charge is 0.469 e. The van der Waals surface area contributed by atoms with Gasteiger partial charge in [0, 0.05) is 24.8 Å². The number of hydrogen-bond acceptors (Lipinski definition) is 9. The monoisotopic (exact) mass is 669 g/mol. The molecule has 6 N–H and O–H groups in total. The highest BCUT2D eigenvalue weighted by Crippen LogP contribution is 2.42. The highest BCUT2D eigenvalue weighted by atomic mass is 31.2. The number of ether oxygens (including phenoxy) is 2. The molecule has 1 aliphatic carbocycles. The van der Waals surface area contributed by atoms with Gasteiger partial charge in [-0.05, 0) is 69.4 Å². The summed E-state index contributed by atoms with van der Waals surface area (Å²) in [6.45, 7) is 6.26. The zero-order valence-electron chi connectivity index (χ0n) is 27.6. The van der Waals surface area contributed by atoms with Crippen LogP contribution in [0.15, 0.2) is 48.6 Å². The number of aliphatic hydroxyl groups is 2. The van der Waals surface area contributed by atoms with Crippen LogP contribution < -0.4 is 5.73 Å². The minimum Gasteiger partial charge on any atom is -0.462 e. The molecule has 11 nitrogen and oxygen atoms in total. The first-order chi connectivity index (χ1) is 21.7. The zero-order valence-corrected chi connectivity index (χ0v) is 28.5. The SMILES string of the molecule is CC[C@H]1C=CC(=O)O[C@H]1/C=C/[C@](O)(CCN)[C@@H](C[C@@H](O)/C=C\C=C/[C@@H]1CCC[C@H](OC(=O)CCCCCC(C)C)C1)OP(=O)(O)O. The van der Waals surface area contributed by atoms with Crippen molar-refractivity contribution in [1.29, 1.82) is 0 Å². The van der Waals surface area contributed by atoms with Crippen molar-refractivity contribution >= 4 is 19.8 Å². The number of phosphoric acid groups is 1. The predicted octanol–water partition coefficient (Wildman–Crippen LogP) is 5.18. The third-order valence-electron chi connectivity index (χ3n) is 8.48. The lowest BCUT2D eigenvalue weighted by molar-refractivity contribution is -0.151. The quantitative estimate of drug-likeness (QED) is 0.0378. The maximum absolute atomic E-state index is 12.3. The number of rotatable bonds is 20. The molecule has 1 heterocycles. The van der Waals surface area contributed by atoms with E-state index in [1.54, 1.807) is 18.2 Å². The van der Waals surface area contributed by atoms with Crippen LogP contribution in [0.2, 0.25) is 0 Å². The molecule has 1 fully saturated rings. The number of aliphatic hydroxyl groups excluding tert-OH is 1. The first-order valence-electron chi connectivity index (χ1n) is 16.7. The number of phosphoric ester groups is 1. The molecule has 1 aliphatic heterocycles. The Kier molecular flexibility index (Phi) is 17.7. The number of cyclic esters (lactones) is 1. The summed E-state index contributed by atoms with van der Waals surface area (Å²) in [5.41, 5.74) is 3.75. The van der Waals surface area contributed by atoms with Crippen LogP contribution in [-0.2, 0) is 28.2 Å². The third kappa shape index (κ3) is 15.7. The van der Waals surface area contributed by atoms with Gasteiger partial charge in [-0.2, -0.15) is 0 Å². The van der Waals surface area contributed by atoms with Gasteiger partial charge in [0.25, 0.3) is 0 Å². The Hall–Kier alpha value is -2.11. The van der Waals surface area contributed by atoms with Crippen LogP contribution >= 0.6 is 7.82 Å². The van der Waals surface area contributed by atoms with E-state index in [1.165, 1.54) is 30.7 Å². The highest BCUT2D eigenvalue weighted by Gasteiger charge is 2.40. The number of hydrogen-bond donors (Lipinski definition) is 5. The van der Waals surface area contributed by atoms with Gasteiger partial charge in [0.05, 0.1) is 6.10 Å². The van der Waals surface area contributed by atoms with Crippen molar-refractivity contribution in [1.82, 2.24) is 0 Å². The van der Waals surface area contributed by atoms with E-state index in [1.807, 2.05) is 13.0 Å². The lowest BCUT2D eigenvalue weighted by atomic mass is 9.86. The summed E-state index contributed by atoms with van der Waals surface area (Å²) in [6, 6.07) is 0. The standard InChI is InChI=1S/C34H56NO10P/c1-4-27-17-18-33(38)44-30(27)19-20-34(39,21-22-35)31(45-46(40,41)42)24-28(36)14-9-8-12-26-13-10-15-29(23-26)43-32(37)16-7-5-6-11-25(2)3/h8-9,12,14,17-20,25-31,36,39H,4-7,10-11,13,15-16,21-24,35H2,1-3H3,(H2,40,41,42)/b12-8-,14-9-,20-19+/t26-,27+,28+,29+,30+,31-,34+/m1/s1. The van der Waals surface area contributed by atoms with Gasteiger partial charge in [-0.1, -0.05) is 76.5 Å². The molecule has 0 radical (unpaired) electrons. The predicted molar refractivity (Wildman–Crippen MR) is 176 cm³/mol. The minimum absolute atomic E-state index is 0.0475. The van der Waals surface area contributed by atoms with Crippen molar-refractivity contribution in [3.8, 4) is 0 Å². The van der Waals surface area contributed by atoms with Crippen molar-refractivity contribution in [2.45, 2.75) is 128 Å². The minimum atomic E-state index is -5.08. The topological polar surface area (TPSA) is 186 Å². The van der Waals surface area contributed by atoms with E-state index < -0.39 is 37.7 Å². The average Bonchev–Trinajstić information content (AvgIpc) is 2.97. The molecule has 7 atom stereocenters. The van der Waals surface area contributed by atoms with E-state index in [4.69, 9.17) is 19.7 Å². The summed E-state index contributed by atoms with van der Waals surface area (Å²) in [6.07, 6.45) is 17.4. The van der Waals surface area contributed by atoms with Crippen LogP contribution in [0.4, 0.5) is 0 Å². The zero-order chi connectivity index (χ0) is 34.2. The third-order valence-corrected chi connectivity index (χ3v) is 9.01. The molecule has 262 valence electrons. The Balaban J connectivity index is 1.98. The molecule has 0 bridgehead atoms. The number of nitrogens with two attached hydrogens (primary N) is 1. The molecule has 1 saturated carbocycles. The fourth-order valence-corrected chi connectivity index (χ4v) is 6.49. The molecule has 0 spiro atoms. The fraction of sp³-hybridized carbons (Fsp3) is 0.706. The Morgan fingerprint density at radius 2 is 1.96 bits per heavy atom. The van der Waals surface area contributed by atoms with E-state index in [-0.39, 0.29) is 43.3 Å². The van der Waals surface area contributed by atoms with Crippen molar-refractivity contribution in [3.63, 3.8) is 0 Å². The number of unbranched alkanes of at least 4 members (excludes halogenated alkanes) is 2. The fourth-order valence-electron chi connectivity index (χ4n) is 5.89. The molecule has 2 rings (SSSR count). The van der Waals surface area contributed by atoms with E-state index in [0.29, 0.717) is 18.8 Å². The second-order valence-electron chi connectivity index (χ2n) is 12.9. The molecular formula is C34H56NO10P. The van der Waals surface area contributed by atoms with E-state index in [2.05, 4.69) is 13.8 Å². The van der Waals surface area contributed by atoms with Crippen LogP contribution in [0, 0.1) is 17.8 Å². The Labute approximate surface area is 274 Å². The van der Waals surface area contributed by atoms with Gasteiger partial charge in [-0.15, -0.1) is 0 Å². The van der Waals surface area contributed by atoms with Gasteiger partial charge in [-0.3, -0.25) is 9.32 Å². The van der Waals surface area contributed by atoms with Crippen LogP contribution in [0.5, 0.6) is 0 Å². The molecule has 0 aromatic heterocycles. The van der Waals surface area contributed by atoms with E-state index in [9.17, 15) is 34.2 Å². The first kappa shape index (κ1) is 40.1. The smallest absolute Gasteiger partial charge is 0.462 e. The molecule has 0 aromatic rings. The van der Waals surface area contributed by atoms with Gasteiger partial charge in [0.2, 0.25) is 0 Å². The van der Waals surface area contributed by atoms with Gasteiger partial charge in [-0.25, -0.2) is 9.36 Å².